The second-order valence-corrected chi connectivity index (χ2v) is 4.37. The van der Waals surface area contributed by atoms with Gasteiger partial charge >= 0.3 is 0 Å². The molecule has 4 heteroatoms. The third-order valence-electron chi connectivity index (χ3n) is 2.84. The summed E-state index contributed by atoms with van der Waals surface area (Å²) in [6.07, 6.45) is 2.75. The molecule has 0 aliphatic carbocycles. The van der Waals surface area contributed by atoms with Crippen LogP contribution in [0.4, 0.5) is 0 Å². The van der Waals surface area contributed by atoms with E-state index in [-0.39, 0.29) is 0 Å². The average molecular weight is 245 g/mol. The summed E-state index contributed by atoms with van der Waals surface area (Å²) < 4.78 is 7.66. The van der Waals surface area contributed by atoms with E-state index in [4.69, 9.17) is 10.5 Å². The van der Waals surface area contributed by atoms with Crippen molar-refractivity contribution in [1.82, 2.24) is 9.78 Å². The molecule has 0 aliphatic heterocycles. The number of benzene rings is 1. The molecule has 2 N–H and O–H groups in total. The van der Waals surface area contributed by atoms with Crippen LogP contribution in [0.5, 0.6) is 5.75 Å². The van der Waals surface area contributed by atoms with E-state index in [1.165, 1.54) is 0 Å². The SMILES string of the molecule is Cc1cccc(CCN)c1OCc1ccn(C)n1. The maximum atomic E-state index is 5.89. The quantitative estimate of drug-likeness (QED) is 0.874. The van der Waals surface area contributed by atoms with Crippen molar-refractivity contribution in [3.05, 3.63) is 47.3 Å². The van der Waals surface area contributed by atoms with Gasteiger partial charge in [0.05, 0.1) is 5.69 Å². The molecule has 0 radical (unpaired) electrons. The van der Waals surface area contributed by atoms with Crippen molar-refractivity contribution >= 4 is 0 Å². The van der Waals surface area contributed by atoms with Crippen molar-refractivity contribution in [2.75, 3.05) is 6.54 Å². The Labute approximate surface area is 107 Å². The Morgan fingerprint density at radius 3 is 2.83 bits per heavy atom. The number of aromatic nitrogens is 2. The van der Waals surface area contributed by atoms with Gasteiger partial charge in [-0.3, -0.25) is 4.68 Å². The van der Waals surface area contributed by atoms with E-state index in [1.54, 1.807) is 4.68 Å². The highest BCUT2D eigenvalue weighted by Gasteiger charge is 2.07. The summed E-state index contributed by atoms with van der Waals surface area (Å²) in [6, 6.07) is 8.11. The molecule has 4 nitrogen and oxygen atoms in total. The van der Waals surface area contributed by atoms with Crippen LogP contribution in [0.2, 0.25) is 0 Å². The third kappa shape index (κ3) is 2.90. The minimum atomic E-state index is 0.489. The first-order chi connectivity index (χ1) is 8.70. The first kappa shape index (κ1) is 12.6. The fraction of sp³-hybridized carbons (Fsp3) is 0.357. The summed E-state index contributed by atoms with van der Waals surface area (Å²) in [5, 5.41) is 4.30. The molecular weight excluding hydrogens is 226 g/mol. The van der Waals surface area contributed by atoms with Gasteiger partial charge in [-0.2, -0.15) is 5.10 Å². The molecular formula is C14H19N3O. The molecule has 0 saturated heterocycles. The summed E-state index contributed by atoms with van der Waals surface area (Å²) >= 11 is 0. The minimum Gasteiger partial charge on any atom is -0.487 e. The van der Waals surface area contributed by atoms with Crippen LogP contribution in [0.3, 0.4) is 0 Å². The van der Waals surface area contributed by atoms with Crippen molar-refractivity contribution in [2.45, 2.75) is 20.0 Å². The largest absolute Gasteiger partial charge is 0.487 e. The summed E-state index contributed by atoms with van der Waals surface area (Å²) in [7, 11) is 1.90. The molecule has 18 heavy (non-hydrogen) atoms. The maximum absolute atomic E-state index is 5.89. The Kier molecular flexibility index (Phi) is 3.99. The smallest absolute Gasteiger partial charge is 0.132 e. The number of nitrogens with zero attached hydrogens (tertiary/aromatic N) is 2. The van der Waals surface area contributed by atoms with Crippen LogP contribution in [0.25, 0.3) is 0 Å². The zero-order chi connectivity index (χ0) is 13.0. The Hall–Kier alpha value is -1.81. The van der Waals surface area contributed by atoms with E-state index in [0.717, 1.165) is 29.0 Å². The molecule has 0 fully saturated rings. The van der Waals surface area contributed by atoms with Crippen LogP contribution < -0.4 is 10.5 Å². The normalized spacial score (nSPS) is 10.6. The van der Waals surface area contributed by atoms with Gasteiger partial charge in [0.25, 0.3) is 0 Å². The van der Waals surface area contributed by atoms with Crippen molar-refractivity contribution in [1.29, 1.82) is 0 Å². The standard InChI is InChI=1S/C14H19N3O/c1-11-4-3-5-12(6-8-15)14(11)18-10-13-7-9-17(2)16-13/h3-5,7,9H,6,8,10,15H2,1-2H3. The van der Waals surface area contributed by atoms with Gasteiger partial charge in [-0.15, -0.1) is 0 Å². The lowest BCUT2D eigenvalue weighted by molar-refractivity contribution is 0.295. The molecule has 0 unspecified atom stereocenters. The zero-order valence-corrected chi connectivity index (χ0v) is 10.9. The van der Waals surface area contributed by atoms with Gasteiger partial charge in [0, 0.05) is 13.2 Å². The fourth-order valence-electron chi connectivity index (χ4n) is 1.96. The summed E-state index contributed by atoms with van der Waals surface area (Å²) in [6.45, 7) is 3.17. The van der Waals surface area contributed by atoms with Crippen molar-refractivity contribution in [3.8, 4) is 5.75 Å². The number of hydrogen-bond acceptors (Lipinski definition) is 3. The number of ether oxygens (including phenoxy) is 1. The van der Waals surface area contributed by atoms with Crippen molar-refractivity contribution in [3.63, 3.8) is 0 Å². The highest BCUT2D eigenvalue weighted by molar-refractivity contribution is 5.41. The molecule has 2 rings (SSSR count). The van der Waals surface area contributed by atoms with Gasteiger partial charge in [-0.05, 0) is 37.1 Å². The topological polar surface area (TPSA) is 53.1 Å². The second kappa shape index (κ2) is 5.69. The minimum absolute atomic E-state index is 0.489. The molecule has 0 bridgehead atoms. The molecule has 1 aromatic carbocycles. The highest BCUT2D eigenvalue weighted by Crippen LogP contribution is 2.24. The number of rotatable bonds is 5. The van der Waals surface area contributed by atoms with Gasteiger partial charge in [-0.1, -0.05) is 18.2 Å². The van der Waals surface area contributed by atoms with Crippen LogP contribution >= 0.6 is 0 Å². The molecule has 2 aromatic rings. The molecule has 0 saturated carbocycles. The first-order valence-corrected chi connectivity index (χ1v) is 6.10. The zero-order valence-electron chi connectivity index (χ0n) is 10.9. The summed E-state index contributed by atoms with van der Waals surface area (Å²) in [4.78, 5) is 0. The third-order valence-corrected chi connectivity index (χ3v) is 2.84. The molecule has 0 atom stereocenters. The van der Waals surface area contributed by atoms with E-state index in [1.807, 2.05) is 38.4 Å². The molecule has 0 amide bonds. The first-order valence-electron chi connectivity index (χ1n) is 6.10. The second-order valence-electron chi connectivity index (χ2n) is 4.37. The number of nitrogens with two attached hydrogens (primary N) is 1. The van der Waals surface area contributed by atoms with Gasteiger partial charge < -0.3 is 10.5 Å². The van der Waals surface area contributed by atoms with E-state index in [2.05, 4.69) is 11.2 Å². The Balaban J connectivity index is 2.12. The fourth-order valence-corrected chi connectivity index (χ4v) is 1.96. The van der Waals surface area contributed by atoms with E-state index in [9.17, 15) is 0 Å². The van der Waals surface area contributed by atoms with Crippen LogP contribution in [-0.2, 0) is 20.1 Å². The Morgan fingerprint density at radius 1 is 1.33 bits per heavy atom. The Morgan fingerprint density at radius 2 is 2.17 bits per heavy atom. The van der Waals surface area contributed by atoms with E-state index >= 15 is 0 Å². The monoisotopic (exact) mass is 245 g/mol. The van der Waals surface area contributed by atoms with Crippen LogP contribution in [0.1, 0.15) is 16.8 Å². The van der Waals surface area contributed by atoms with E-state index < -0.39 is 0 Å². The average Bonchev–Trinajstić information content (AvgIpc) is 2.75. The highest BCUT2D eigenvalue weighted by atomic mass is 16.5. The van der Waals surface area contributed by atoms with Crippen LogP contribution in [-0.4, -0.2) is 16.3 Å². The number of aryl methyl sites for hydroxylation is 2. The molecule has 1 heterocycles. The van der Waals surface area contributed by atoms with E-state index in [0.29, 0.717) is 13.2 Å². The van der Waals surface area contributed by atoms with Gasteiger partial charge in [0.2, 0.25) is 0 Å². The Bertz CT molecular complexity index is 520. The summed E-state index contributed by atoms with van der Waals surface area (Å²) in [5.41, 5.74) is 8.85. The van der Waals surface area contributed by atoms with Gasteiger partial charge in [0.15, 0.2) is 0 Å². The number of para-hydroxylation sites is 1. The van der Waals surface area contributed by atoms with Gasteiger partial charge in [-0.25, -0.2) is 0 Å². The lowest BCUT2D eigenvalue weighted by Gasteiger charge is -2.12. The van der Waals surface area contributed by atoms with Gasteiger partial charge in [0.1, 0.15) is 12.4 Å². The lowest BCUT2D eigenvalue weighted by atomic mass is 10.1. The lowest BCUT2D eigenvalue weighted by Crippen LogP contribution is -2.07. The summed E-state index contributed by atoms with van der Waals surface area (Å²) in [5.74, 6) is 0.939. The number of hydrogen-bond donors (Lipinski definition) is 1. The molecule has 1 aromatic heterocycles. The molecule has 0 spiro atoms. The van der Waals surface area contributed by atoms with Crippen molar-refractivity contribution < 1.29 is 4.74 Å². The van der Waals surface area contributed by atoms with Crippen LogP contribution in [0, 0.1) is 6.92 Å². The molecule has 0 aliphatic rings. The predicted molar refractivity (Wildman–Crippen MR) is 71.5 cm³/mol. The van der Waals surface area contributed by atoms with Crippen LogP contribution in [0.15, 0.2) is 30.5 Å². The van der Waals surface area contributed by atoms with Crippen molar-refractivity contribution in [2.24, 2.45) is 12.8 Å². The maximum Gasteiger partial charge on any atom is 0.132 e. The molecule has 96 valence electrons. The predicted octanol–water partition coefficient (Wildman–Crippen LogP) is 1.81.